The maximum atomic E-state index is 12.7. The van der Waals surface area contributed by atoms with E-state index in [1.165, 1.54) is 4.90 Å². The van der Waals surface area contributed by atoms with Crippen LogP contribution in [0.2, 0.25) is 0 Å². The first-order valence-electron chi connectivity index (χ1n) is 10.9. The summed E-state index contributed by atoms with van der Waals surface area (Å²) in [5, 5.41) is 8.91. The summed E-state index contributed by atoms with van der Waals surface area (Å²) < 4.78 is 10.9. The van der Waals surface area contributed by atoms with Crippen LogP contribution in [0.1, 0.15) is 24.0 Å². The smallest absolute Gasteiger partial charge is 0.416 e. The Balaban J connectivity index is 1.25. The summed E-state index contributed by atoms with van der Waals surface area (Å²) in [5.41, 5.74) is 3.74. The van der Waals surface area contributed by atoms with Crippen molar-refractivity contribution in [3.05, 3.63) is 90.0 Å². The first-order valence-corrected chi connectivity index (χ1v) is 10.9. The van der Waals surface area contributed by atoms with Gasteiger partial charge in [0.2, 0.25) is 5.91 Å². The van der Waals surface area contributed by atoms with E-state index in [4.69, 9.17) is 14.7 Å². The molecule has 2 amide bonds. The molecular weight excluding hydrogens is 416 g/mol. The number of carbonyl (C=O) groups excluding carboxylic acids is 2. The molecule has 1 aliphatic heterocycles. The standard InChI is InChI=1S/C27H24N2O4/c28-18-21-8-10-22(11-9-21)23-12-14-25(15-13-23)32-16-4-7-26(30)29-24(19-33-27(29)31)17-20-5-2-1-3-6-20/h1-3,5-6,8-15,24H,4,7,16-17,19H2/t24-/m0/s1. The number of imide groups is 1. The Labute approximate surface area is 193 Å². The Morgan fingerprint density at radius 2 is 1.67 bits per heavy atom. The van der Waals surface area contributed by atoms with Crippen molar-refractivity contribution >= 4 is 12.0 Å². The van der Waals surface area contributed by atoms with Gasteiger partial charge in [0, 0.05) is 6.42 Å². The van der Waals surface area contributed by atoms with Gasteiger partial charge in [0.05, 0.1) is 24.3 Å². The zero-order chi connectivity index (χ0) is 23.0. The first kappa shape index (κ1) is 22.1. The van der Waals surface area contributed by atoms with Gasteiger partial charge in [-0.15, -0.1) is 0 Å². The fourth-order valence-electron chi connectivity index (χ4n) is 3.82. The van der Waals surface area contributed by atoms with Gasteiger partial charge in [-0.25, -0.2) is 9.69 Å². The third-order valence-corrected chi connectivity index (χ3v) is 5.55. The maximum absolute atomic E-state index is 12.7. The summed E-state index contributed by atoms with van der Waals surface area (Å²) in [6.07, 6.45) is 0.725. The molecule has 0 saturated carbocycles. The molecule has 33 heavy (non-hydrogen) atoms. The zero-order valence-corrected chi connectivity index (χ0v) is 18.1. The topological polar surface area (TPSA) is 79.6 Å². The largest absolute Gasteiger partial charge is 0.494 e. The number of amides is 2. The number of hydrogen-bond acceptors (Lipinski definition) is 5. The van der Waals surface area contributed by atoms with Crippen LogP contribution in [0.4, 0.5) is 4.79 Å². The highest BCUT2D eigenvalue weighted by Crippen LogP contribution is 2.23. The van der Waals surface area contributed by atoms with Crippen LogP contribution in [0.15, 0.2) is 78.9 Å². The molecule has 4 rings (SSSR count). The molecule has 6 nitrogen and oxygen atoms in total. The monoisotopic (exact) mass is 440 g/mol. The van der Waals surface area contributed by atoms with Gasteiger partial charge in [-0.3, -0.25) is 4.79 Å². The third-order valence-electron chi connectivity index (χ3n) is 5.55. The van der Waals surface area contributed by atoms with Gasteiger partial charge in [0.25, 0.3) is 0 Å². The van der Waals surface area contributed by atoms with E-state index < -0.39 is 6.09 Å². The minimum Gasteiger partial charge on any atom is -0.494 e. The normalized spacial score (nSPS) is 15.1. The average Bonchev–Trinajstić information content (AvgIpc) is 3.22. The van der Waals surface area contributed by atoms with Crippen LogP contribution in [-0.4, -0.2) is 36.2 Å². The molecule has 0 N–H and O–H groups in total. The second-order valence-electron chi connectivity index (χ2n) is 7.85. The van der Waals surface area contributed by atoms with E-state index in [2.05, 4.69) is 6.07 Å². The van der Waals surface area contributed by atoms with Crippen LogP contribution in [0.3, 0.4) is 0 Å². The minimum atomic E-state index is -0.569. The van der Waals surface area contributed by atoms with Gasteiger partial charge in [-0.05, 0) is 53.8 Å². The van der Waals surface area contributed by atoms with Crippen molar-refractivity contribution in [2.45, 2.75) is 25.3 Å². The van der Waals surface area contributed by atoms with Crippen LogP contribution in [0.5, 0.6) is 5.75 Å². The second kappa shape index (κ2) is 10.5. The van der Waals surface area contributed by atoms with Gasteiger partial charge in [0.15, 0.2) is 0 Å². The van der Waals surface area contributed by atoms with E-state index in [9.17, 15) is 9.59 Å². The number of hydrogen-bond donors (Lipinski definition) is 0. The molecule has 0 bridgehead atoms. The number of rotatable bonds is 8. The predicted molar refractivity (Wildman–Crippen MR) is 123 cm³/mol. The molecule has 1 saturated heterocycles. The van der Waals surface area contributed by atoms with Crippen molar-refractivity contribution in [1.82, 2.24) is 4.90 Å². The third kappa shape index (κ3) is 5.58. The van der Waals surface area contributed by atoms with Gasteiger partial charge >= 0.3 is 6.09 Å². The summed E-state index contributed by atoms with van der Waals surface area (Å²) >= 11 is 0. The number of ether oxygens (including phenoxy) is 2. The summed E-state index contributed by atoms with van der Waals surface area (Å²) in [4.78, 5) is 26.0. The lowest BCUT2D eigenvalue weighted by Crippen LogP contribution is -2.40. The van der Waals surface area contributed by atoms with E-state index in [0.29, 0.717) is 30.8 Å². The van der Waals surface area contributed by atoms with Crippen LogP contribution in [0.25, 0.3) is 11.1 Å². The van der Waals surface area contributed by atoms with Gasteiger partial charge in [0.1, 0.15) is 12.4 Å². The molecule has 166 valence electrons. The Morgan fingerprint density at radius 1 is 1.00 bits per heavy atom. The van der Waals surface area contributed by atoms with Crippen LogP contribution < -0.4 is 4.74 Å². The highest BCUT2D eigenvalue weighted by molar-refractivity contribution is 5.93. The molecule has 1 fully saturated rings. The van der Waals surface area contributed by atoms with Crippen molar-refractivity contribution in [2.75, 3.05) is 13.2 Å². The van der Waals surface area contributed by atoms with Gasteiger partial charge in [-0.1, -0.05) is 54.6 Å². The summed E-state index contributed by atoms with van der Waals surface area (Å²) in [6.45, 7) is 0.593. The molecule has 3 aromatic rings. The number of benzene rings is 3. The maximum Gasteiger partial charge on any atom is 0.416 e. The number of nitriles is 1. The molecule has 1 heterocycles. The molecule has 0 spiro atoms. The summed E-state index contributed by atoms with van der Waals surface area (Å²) in [6, 6.07) is 26.7. The Kier molecular flexibility index (Phi) is 7.01. The Hall–Kier alpha value is -4.11. The van der Waals surface area contributed by atoms with Crippen LogP contribution in [0, 0.1) is 11.3 Å². The molecule has 0 radical (unpaired) electrons. The zero-order valence-electron chi connectivity index (χ0n) is 18.1. The predicted octanol–water partition coefficient (Wildman–Crippen LogP) is 4.97. The van der Waals surface area contributed by atoms with Crippen molar-refractivity contribution in [1.29, 1.82) is 5.26 Å². The fourth-order valence-corrected chi connectivity index (χ4v) is 3.82. The van der Waals surface area contributed by atoms with E-state index in [-0.39, 0.29) is 25.0 Å². The Morgan fingerprint density at radius 3 is 2.33 bits per heavy atom. The Bertz CT molecular complexity index is 1140. The number of nitrogens with zero attached hydrogens (tertiary/aromatic N) is 2. The van der Waals surface area contributed by atoms with Crippen LogP contribution >= 0.6 is 0 Å². The quantitative estimate of drug-likeness (QED) is 0.462. The molecule has 1 atom stereocenters. The second-order valence-corrected chi connectivity index (χ2v) is 7.85. The van der Waals surface area contributed by atoms with Crippen molar-refractivity contribution < 1.29 is 19.1 Å². The van der Waals surface area contributed by atoms with Crippen molar-refractivity contribution in [3.63, 3.8) is 0 Å². The molecule has 0 aromatic heterocycles. The first-order chi connectivity index (χ1) is 16.1. The molecule has 0 unspecified atom stereocenters. The summed E-state index contributed by atoms with van der Waals surface area (Å²) in [7, 11) is 0. The molecular formula is C27H24N2O4. The van der Waals surface area contributed by atoms with Crippen LogP contribution in [-0.2, 0) is 16.0 Å². The molecule has 1 aliphatic rings. The number of cyclic esters (lactones) is 1. The highest BCUT2D eigenvalue weighted by Gasteiger charge is 2.37. The molecule has 0 aliphatic carbocycles. The van der Waals surface area contributed by atoms with E-state index in [1.807, 2.05) is 66.7 Å². The number of carbonyl (C=O) groups is 2. The molecule has 6 heteroatoms. The minimum absolute atomic E-state index is 0.212. The van der Waals surface area contributed by atoms with E-state index in [0.717, 1.165) is 16.7 Å². The van der Waals surface area contributed by atoms with E-state index >= 15 is 0 Å². The lowest BCUT2D eigenvalue weighted by atomic mass is 10.0. The lowest BCUT2D eigenvalue weighted by Gasteiger charge is -2.19. The fraction of sp³-hybridized carbons (Fsp3) is 0.222. The molecule has 3 aromatic carbocycles. The summed E-state index contributed by atoms with van der Waals surface area (Å²) in [5.74, 6) is 0.473. The highest BCUT2D eigenvalue weighted by atomic mass is 16.6. The van der Waals surface area contributed by atoms with E-state index in [1.54, 1.807) is 12.1 Å². The average molecular weight is 440 g/mol. The SMILES string of the molecule is N#Cc1ccc(-c2ccc(OCCCC(=O)N3C(=O)OC[C@@H]3Cc3ccccc3)cc2)cc1. The van der Waals surface area contributed by atoms with Gasteiger partial charge in [-0.2, -0.15) is 5.26 Å². The van der Waals surface area contributed by atoms with Crippen molar-refractivity contribution in [3.8, 4) is 22.9 Å². The lowest BCUT2D eigenvalue weighted by molar-refractivity contribution is -0.129. The van der Waals surface area contributed by atoms with Crippen molar-refractivity contribution in [2.24, 2.45) is 0 Å². The van der Waals surface area contributed by atoms with Gasteiger partial charge < -0.3 is 9.47 Å².